The van der Waals surface area contributed by atoms with Gasteiger partial charge in [-0.05, 0) is 24.9 Å². The third-order valence-corrected chi connectivity index (χ3v) is 6.42. The Labute approximate surface area is 196 Å². The van der Waals surface area contributed by atoms with Gasteiger partial charge in [0.2, 0.25) is 5.91 Å². The normalized spacial score (nSPS) is 15.5. The van der Waals surface area contributed by atoms with Crippen LogP contribution in [0.2, 0.25) is 0 Å². The highest BCUT2D eigenvalue weighted by molar-refractivity contribution is 8.13. The fraction of sp³-hybridized carbons (Fsp3) is 0.625. The number of benzene rings is 1. The molecule has 1 atom stereocenters. The number of piperazine rings is 1. The molecular formula is C24H38N4O3S. The average molecular weight is 463 g/mol. The van der Waals surface area contributed by atoms with Gasteiger partial charge in [0.15, 0.2) is 5.12 Å². The summed E-state index contributed by atoms with van der Waals surface area (Å²) in [5.41, 5.74) is 1.01. The third-order valence-electron chi connectivity index (χ3n) is 5.62. The van der Waals surface area contributed by atoms with Crippen LogP contribution in [-0.4, -0.2) is 89.9 Å². The van der Waals surface area contributed by atoms with Crippen molar-refractivity contribution in [3.63, 3.8) is 0 Å². The maximum absolute atomic E-state index is 13.4. The lowest BCUT2D eigenvalue weighted by Gasteiger charge is -2.35. The molecule has 1 heterocycles. The highest BCUT2D eigenvalue weighted by Crippen LogP contribution is 2.11. The number of carbonyl (C=O) groups is 3. The monoisotopic (exact) mass is 462 g/mol. The maximum Gasteiger partial charge on any atom is 0.318 e. The summed E-state index contributed by atoms with van der Waals surface area (Å²) in [6, 6.07) is 8.95. The fourth-order valence-electron chi connectivity index (χ4n) is 3.57. The van der Waals surface area contributed by atoms with E-state index in [1.165, 1.54) is 18.7 Å². The summed E-state index contributed by atoms with van der Waals surface area (Å²) in [5.74, 6) is 0.978. The minimum absolute atomic E-state index is 0.0303. The van der Waals surface area contributed by atoms with Crippen LogP contribution in [0.5, 0.6) is 0 Å². The molecule has 1 N–H and O–H groups in total. The number of nitrogens with zero attached hydrogens (tertiary/aromatic N) is 3. The van der Waals surface area contributed by atoms with E-state index in [1.807, 2.05) is 35.2 Å². The topological polar surface area (TPSA) is 73.0 Å². The van der Waals surface area contributed by atoms with Gasteiger partial charge >= 0.3 is 6.03 Å². The van der Waals surface area contributed by atoms with Gasteiger partial charge in [-0.15, -0.1) is 0 Å². The SMILES string of the molecule is CC(=O)SCCN(CCC(C)C)C(=O)NC(Cc1ccccc1)C(=O)N1CCN(C)CC1. The van der Waals surface area contributed by atoms with Gasteiger partial charge in [-0.2, -0.15) is 0 Å². The van der Waals surface area contributed by atoms with Gasteiger partial charge in [0.05, 0.1) is 0 Å². The maximum atomic E-state index is 13.4. The number of hydrogen-bond acceptors (Lipinski definition) is 5. The quantitative estimate of drug-likeness (QED) is 0.579. The first kappa shape index (κ1) is 26.2. The Bertz CT molecular complexity index is 736. The van der Waals surface area contributed by atoms with Gasteiger partial charge in [0.1, 0.15) is 6.04 Å². The van der Waals surface area contributed by atoms with Crippen molar-refractivity contribution in [3.05, 3.63) is 35.9 Å². The van der Waals surface area contributed by atoms with Crippen LogP contribution in [0.4, 0.5) is 4.79 Å². The molecule has 1 aromatic rings. The Balaban J connectivity index is 2.11. The van der Waals surface area contributed by atoms with Gasteiger partial charge in [-0.3, -0.25) is 9.59 Å². The molecule has 0 bridgehead atoms. The number of nitrogens with one attached hydrogen (secondary N) is 1. The summed E-state index contributed by atoms with van der Waals surface area (Å²) in [7, 11) is 2.05. The molecule has 1 aliphatic heterocycles. The highest BCUT2D eigenvalue weighted by atomic mass is 32.2. The second-order valence-electron chi connectivity index (χ2n) is 8.83. The fourth-order valence-corrected chi connectivity index (χ4v) is 4.17. The van der Waals surface area contributed by atoms with Gasteiger partial charge in [0, 0.05) is 58.4 Å². The molecule has 1 aromatic carbocycles. The zero-order valence-electron chi connectivity index (χ0n) is 19.9. The first-order valence-electron chi connectivity index (χ1n) is 11.5. The summed E-state index contributed by atoms with van der Waals surface area (Å²) < 4.78 is 0. The Kier molecular flexibility index (Phi) is 11.0. The zero-order chi connectivity index (χ0) is 23.5. The Hall–Kier alpha value is -2.06. The van der Waals surface area contributed by atoms with Crippen LogP contribution in [0.15, 0.2) is 30.3 Å². The summed E-state index contributed by atoms with van der Waals surface area (Å²) in [4.78, 5) is 43.7. The van der Waals surface area contributed by atoms with Crippen molar-refractivity contribution in [1.82, 2.24) is 20.0 Å². The van der Waals surface area contributed by atoms with E-state index in [0.29, 0.717) is 44.3 Å². The molecule has 1 saturated heterocycles. The summed E-state index contributed by atoms with van der Waals surface area (Å²) in [6.45, 7) is 9.86. The van der Waals surface area contributed by atoms with Crippen molar-refractivity contribution in [2.45, 2.75) is 39.7 Å². The van der Waals surface area contributed by atoms with Crippen LogP contribution in [0.1, 0.15) is 32.8 Å². The van der Waals surface area contributed by atoms with E-state index in [0.717, 1.165) is 25.1 Å². The van der Waals surface area contributed by atoms with Gasteiger partial charge in [0.25, 0.3) is 0 Å². The predicted octanol–water partition coefficient (Wildman–Crippen LogP) is 2.71. The molecule has 1 aliphatic rings. The number of rotatable bonds is 10. The predicted molar refractivity (Wildman–Crippen MR) is 131 cm³/mol. The highest BCUT2D eigenvalue weighted by Gasteiger charge is 2.29. The smallest absolute Gasteiger partial charge is 0.318 e. The lowest BCUT2D eigenvalue weighted by atomic mass is 10.0. The van der Waals surface area contributed by atoms with Crippen LogP contribution >= 0.6 is 11.8 Å². The van der Waals surface area contributed by atoms with E-state index in [2.05, 4.69) is 31.1 Å². The Morgan fingerprint density at radius 2 is 1.72 bits per heavy atom. The summed E-state index contributed by atoms with van der Waals surface area (Å²) in [5, 5.41) is 3.07. The van der Waals surface area contributed by atoms with E-state index in [1.54, 1.807) is 4.90 Å². The van der Waals surface area contributed by atoms with Crippen molar-refractivity contribution in [2.75, 3.05) is 52.1 Å². The minimum atomic E-state index is -0.615. The summed E-state index contributed by atoms with van der Waals surface area (Å²) in [6.07, 6.45) is 1.33. The first-order valence-corrected chi connectivity index (χ1v) is 12.4. The second kappa shape index (κ2) is 13.5. The molecule has 178 valence electrons. The van der Waals surface area contributed by atoms with Crippen molar-refractivity contribution in [3.8, 4) is 0 Å². The number of carbonyl (C=O) groups excluding carboxylic acids is 3. The third kappa shape index (κ3) is 9.20. The van der Waals surface area contributed by atoms with E-state index < -0.39 is 6.04 Å². The molecule has 3 amide bonds. The summed E-state index contributed by atoms with van der Waals surface area (Å²) >= 11 is 1.22. The van der Waals surface area contributed by atoms with Crippen molar-refractivity contribution < 1.29 is 14.4 Å². The molecule has 1 fully saturated rings. The van der Waals surface area contributed by atoms with E-state index >= 15 is 0 Å². The lowest BCUT2D eigenvalue weighted by molar-refractivity contribution is -0.134. The largest absolute Gasteiger partial charge is 0.338 e. The average Bonchev–Trinajstić information content (AvgIpc) is 2.76. The molecular weight excluding hydrogens is 424 g/mol. The van der Waals surface area contributed by atoms with Gasteiger partial charge in [-0.1, -0.05) is 55.9 Å². The number of hydrogen-bond donors (Lipinski definition) is 1. The van der Waals surface area contributed by atoms with Crippen LogP contribution in [0.3, 0.4) is 0 Å². The van der Waals surface area contributed by atoms with Gasteiger partial charge < -0.3 is 20.0 Å². The van der Waals surface area contributed by atoms with Crippen LogP contribution in [0, 0.1) is 5.92 Å². The Morgan fingerprint density at radius 3 is 2.31 bits per heavy atom. The van der Waals surface area contributed by atoms with Crippen LogP contribution < -0.4 is 5.32 Å². The lowest BCUT2D eigenvalue weighted by Crippen LogP contribution is -2.57. The molecule has 2 rings (SSSR count). The molecule has 8 heteroatoms. The van der Waals surface area contributed by atoms with Crippen LogP contribution in [-0.2, 0) is 16.0 Å². The number of thioether (sulfide) groups is 1. The second-order valence-corrected chi connectivity index (χ2v) is 10.1. The minimum Gasteiger partial charge on any atom is -0.338 e. The molecule has 0 radical (unpaired) electrons. The van der Waals surface area contributed by atoms with E-state index in [-0.39, 0.29) is 17.1 Å². The molecule has 0 saturated carbocycles. The van der Waals surface area contributed by atoms with Crippen molar-refractivity contribution in [2.24, 2.45) is 5.92 Å². The molecule has 32 heavy (non-hydrogen) atoms. The van der Waals surface area contributed by atoms with Crippen LogP contribution in [0.25, 0.3) is 0 Å². The number of urea groups is 1. The number of amides is 3. The first-order chi connectivity index (χ1) is 15.3. The molecule has 7 nitrogen and oxygen atoms in total. The molecule has 0 spiro atoms. The van der Waals surface area contributed by atoms with E-state index in [4.69, 9.17) is 0 Å². The van der Waals surface area contributed by atoms with Crippen molar-refractivity contribution in [1.29, 1.82) is 0 Å². The molecule has 0 aromatic heterocycles. The standard InChI is InChI=1S/C24H38N4O3S/c1-19(2)10-11-28(16-17-32-20(3)29)24(31)25-22(18-21-8-6-5-7-9-21)23(30)27-14-12-26(4)13-15-27/h5-9,19,22H,10-18H2,1-4H3,(H,25,31). The number of likely N-dealkylation sites (N-methyl/N-ethyl adjacent to an activating group) is 1. The molecule has 1 unspecified atom stereocenters. The van der Waals surface area contributed by atoms with Gasteiger partial charge in [-0.25, -0.2) is 4.79 Å². The Morgan fingerprint density at radius 1 is 1.06 bits per heavy atom. The zero-order valence-corrected chi connectivity index (χ0v) is 20.7. The van der Waals surface area contributed by atoms with E-state index in [9.17, 15) is 14.4 Å². The van der Waals surface area contributed by atoms with Crippen molar-refractivity contribution >= 4 is 28.8 Å². The molecule has 0 aliphatic carbocycles.